The lowest BCUT2D eigenvalue weighted by molar-refractivity contribution is -0.292. The van der Waals surface area contributed by atoms with Crippen molar-refractivity contribution >= 4 is 41.2 Å². The Morgan fingerprint density at radius 3 is 2.10 bits per heavy atom. The van der Waals surface area contributed by atoms with Gasteiger partial charge in [0.25, 0.3) is 0 Å². The molecule has 1 spiro atoms. The SMILES string of the molecule is C=C1C[C@@H]2CC[C@@]34CC5O[C@H]6[C@@H](O3)[C@H]3OC(CC[C@@H]3O[C@H]6C5O4)CC(=O)C[C@@H]3[C@@H](OC)[C@@H](C[C@H](O)CCC(=O)OCc4ccc(CC(=O)[C@H](CCCNC(N)=O)NC(=O)[C@@H](CC(=O)CCOCCOCCOCCn5cc(COCCOCCOCCC(=O)O)nn5)C(C)C)cc4)O[C@H]3CC3O[C@@H](CCC1O2)CC(C)C3=C. The Bertz CT molecular complexity index is 3420. The third-order valence-electron chi connectivity index (χ3n) is 23.2. The van der Waals surface area contributed by atoms with Crippen LogP contribution in [-0.2, 0) is 131 Å². The van der Waals surface area contributed by atoms with Gasteiger partial charge < -0.3 is 102 Å². The highest BCUT2D eigenvalue weighted by Gasteiger charge is 2.69. The van der Waals surface area contributed by atoms with Crippen LogP contribution >= 0.6 is 0 Å². The first-order valence-corrected chi connectivity index (χ1v) is 40.6. The maximum atomic E-state index is 14.6. The Morgan fingerprint density at radius 2 is 1.37 bits per heavy atom. The molecule has 3 amide bonds. The Labute approximate surface area is 655 Å². The number of esters is 1. The van der Waals surface area contributed by atoms with Gasteiger partial charge in [-0.05, 0) is 98.3 Å². The van der Waals surface area contributed by atoms with E-state index < -0.39 is 84.2 Å². The third-order valence-corrected chi connectivity index (χ3v) is 23.2. The summed E-state index contributed by atoms with van der Waals surface area (Å²) in [6.45, 7) is 18.9. The number of aliphatic hydroxyl groups excluding tert-OH is 1. The molecule has 0 radical (unpaired) electrons. The van der Waals surface area contributed by atoms with Crippen LogP contribution < -0.4 is 16.4 Å². The van der Waals surface area contributed by atoms with Gasteiger partial charge in [-0.15, -0.1) is 5.10 Å². The number of carbonyl (C=O) groups excluding carboxylic acids is 6. The number of aromatic nitrogens is 3. The molecular weight excluding hydrogens is 1460 g/mol. The van der Waals surface area contributed by atoms with Crippen LogP contribution in [0.4, 0.5) is 4.79 Å². The summed E-state index contributed by atoms with van der Waals surface area (Å²) in [6, 6.07) is 5.33. The van der Waals surface area contributed by atoms with Crippen LogP contribution in [0.3, 0.4) is 0 Å². The number of carboxylic acid groups (broad SMARTS) is 1. The van der Waals surface area contributed by atoms with Gasteiger partial charge >= 0.3 is 18.0 Å². The molecule has 1 aromatic heterocycles. The smallest absolute Gasteiger partial charge is 0.312 e. The summed E-state index contributed by atoms with van der Waals surface area (Å²) >= 11 is 0. The van der Waals surface area contributed by atoms with E-state index >= 15 is 0 Å². The van der Waals surface area contributed by atoms with Crippen molar-refractivity contribution in [3.63, 3.8) is 0 Å². The first kappa shape index (κ1) is 86.7. The summed E-state index contributed by atoms with van der Waals surface area (Å²) in [7, 11) is 1.60. The lowest BCUT2D eigenvalue weighted by Crippen LogP contribution is -2.61. The molecule has 12 bridgehead atoms. The number of benzene rings is 1. The number of Topliss-reactive ketones (excluding diaryl/α,β-unsaturated/α-hetero) is 3. The number of amides is 3. The van der Waals surface area contributed by atoms with Crippen molar-refractivity contribution in [2.45, 2.75) is 285 Å². The zero-order valence-electron chi connectivity index (χ0n) is 65.6. The highest BCUT2D eigenvalue weighted by molar-refractivity contribution is 5.93. The van der Waals surface area contributed by atoms with Crippen LogP contribution in [0.1, 0.15) is 166 Å². The second-order valence-corrected chi connectivity index (χ2v) is 31.9. The fraction of sp³-hybridized carbons (Fsp3) is 0.765. The molecule has 10 aliphatic rings. The van der Waals surface area contributed by atoms with E-state index in [-0.39, 0.29) is 201 Å². The maximum Gasteiger partial charge on any atom is 0.312 e. The van der Waals surface area contributed by atoms with Crippen LogP contribution in [0.25, 0.3) is 0 Å². The summed E-state index contributed by atoms with van der Waals surface area (Å²) < 4.78 is 101. The number of carboxylic acids is 1. The predicted octanol–water partition coefficient (Wildman–Crippen LogP) is 6.04. The minimum absolute atomic E-state index is 0.00987. The zero-order chi connectivity index (χ0) is 79.3. The number of nitrogens with two attached hydrogens (primary N) is 1. The van der Waals surface area contributed by atoms with E-state index in [1.165, 1.54) is 0 Å². The lowest BCUT2D eigenvalue weighted by atomic mass is 9.81. The van der Waals surface area contributed by atoms with E-state index in [0.29, 0.717) is 108 Å². The van der Waals surface area contributed by atoms with E-state index in [1.807, 2.05) is 13.8 Å². The summed E-state index contributed by atoms with van der Waals surface area (Å²) in [4.78, 5) is 91.2. The average molecular weight is 1580 g/mol. The number of nitrogens with zero attached hydrogens (tertiary/aromatic N) is 3. The normalized spacial score (nSPS) is 31.0. The maximum absolute atomic E-state index is 14.6. The molecule has 11 heterocycles. The fourth-order valence-electron chi connectivity index (χ4n) is 17.2. The number of fused-ring (bicyclic) bond motifs is 6. The van der Waals surface area contributed by atoms with Gasteiger partial charge in [-0.3, -0.25) is 28.8 Å². The monoisotopic (exact) mass is 1580 g/mol. The van der Waals surface area contributed by atoms with E-state index in [4.69, 9.17) is 86.6 Å². The molecule has 10 saturated heterocycles. The van der Waals surface area contributed by atoms with Gasteiger partial charge in [0.05, 0.1) is 172 Å². The molecule has 6 unspecified atom stereocenters. The molecule has 10 aliphatic heterocycles. The molecule has 31 nitrogen and oxygen atoms in total. The van der Waals surface area contributed by atoms with Gasteiger partial charge in [0.2, 0.25) is 5.91 Å². The van der Waals surface area contributed by atoms with Crippen molar-refractivity contribution in [2.75, 3.05) is 86.3 Å². The van der Waals surface area contributed by atoms with Gasteiger partial charge in [0, 0.05) is 89.7 Å². The fourth-order valence-corrected chi connectivity index (χ4v) is 17.2. The molecule has 2 aromatic rings. The number of nitrogens with one attached hydrogen (secondary N) is 2. The molecule has 12 rings (SSSR count). The van der Waals surface area contributed by atoms with Crippen molar-refractivity contribution < 1.29 is 120 Å². The number of hydrogen-bond acceptors (Lipinski definition) is 26. The molecule has 0 aliphatic carbocycles. The second kappa shape index (κ2) is 42.7. The molecule has 10 fully saturated rings. The predicted molar refractivity (Wildman–Crippen MR) is 399 cm³/mol. The average Bonchev–Trinajstić information content (AvgIpc) is 1.55. The lowest BCUT2D eigenvalue weighted by Gasteiger charge is -2.47. The molecule has 31 heteroatoms. The Kier molecular flexibility index (Phi) is 33.0. The van der Waals surface area contributed by atoms with E-state index in [0.717, 1.165) is 43.3 Å². The van der Waals surface area contributed by atoms with E-state index in [1.54, 1.807) is 42.3 Å². The molecule has 624 valence electrons. The van der Waals surface area contributed by atoms with Crippen LogP contribution in [0.15, 0.2) is 54.8 Å². The summed E-state index contributed by atoms with van der Waals surface area (Å²) in [5.41, 5.74) is 9.33. The molecule has 6 N–H and O–H groups in total. The van der Waals surface area contributed by atoms with E-state index in [9.17, 15) is 38.7 Å². The highest BCUT2D eigenvalue weighted by atomic mass is 16.8. The topological polar surface area (TPSA) is 388 Å². The molecular formula is C81H120N6O25. The first-order valence-electron chi connectivity index (χ1n) is 40.6. The van der Waals surface area contributed by atoms with Crippen LogP contribution in [-0.4, -0.2) is 262 Å². The van der Waals surface area contributed by atoms with Crippen molar-refractivity contribution in [1.82, 2.24) is 25.6 Å². The van der Waals surface area contributed by atoms with Gasteiger partial charge in [-0.2, -0.15) is 0 Å². The van der Waals surface area contributed by atoms with Gasteiger partial charge in [-0.1, -0.05) is 63.4 Å². The summed E-state index contributed by atoms with van der Waals surface area (Å²) in [5.74, 6) is -4.39. The molecule has 21 atom stereocenters. The van der Waals surface area contributed by atoms with Gasteiger partial charge in [0.1, 0.15) is 54.4 Å². The second-order valence-electron chi connectivity index (χ2n) is 31.9. The number of rotatable bonds is 43. The molecule has 112 heavy (non-hydrogen) atoms. The first-order chi connectivity index (χ1) is 54.1. The van der Waals surface area contributed by atoms with Gasteiger partial charge in [-0.25, -0.2) is 9.48 Å². The van der Waals surface area contributed by atoms with Crippen LogP contribution in [0.5, 0.6) is 0 Å². The highest BCUT2D eigenvalue weighted by Crippen LogP contribution is 2.55. The third kappa shape index (κ3) is 25.0. The van der Waals surface area contributed by atoms with Crippen molar-refractivity contribution in [2.24, 2.45) is 29.4 Å². The number of urea groups is 1. The van der Waals surface area contributed by atoms with Crippen LogP contribution in [0.2, 0.25) is 0 Å². The molecule has 0 saturated carbocycles. The largest absolute Gasteiger partial charge is 0.481 e. The number of aliphatic hydroxyl groups is 1. The van der Waals surface area contributed by atoms with Crippen molar-refractivity contribution in [3.05, 3.63) is 71.6 Å². The Hall–Kier alpha value is -6.11. The quantitative estimate of drug-likeness (QED) is 0.0287. The summed E-state index contributed by atoms with van der Waals surface area (Å²) in [6.07, 6.45) is 3.91. The molecule has 1 aromatic carbocycles. The van der Waals surface area contributed by atoms with E-state index in [2.05, 4.69) is 41.0 Å². The van der Waals surface area contributed by atoms with Gasteiger partial charge in [0.15, 0.2) is 11.6 Å². The zero-order valence-corrected chi connectivity index (χ0v) is 65.6. The standard InChI is InChI=1S/C81H120N6O25/c1-48(2)61(40-56(89)20-25-98-28-31-101-33-30-100-27-24-87-45-54(85-86-87)47-103-35-34-102-32-29-99-26-21-71(92)93)79(95)84-63(8-7-23-83-80(82)96)64(91)38-52-9-11-53(12-10-52)46-104-72(94)18-13-55(88)42-69-73(97-6)62-41-57(90)39-59-15-17-66-74(107-59)78-77-76(109-66)75-70(110-77)44-81(111-75,112-78)22-19-60-37-50(4)65(105-60)16-14-58-36-49(3)51(5)67(106-58)43-68(62)108-69/h9-12,45,48-49,55,58-63,65-70,73-78,88H,4-5,7-8,13-44,46-47H2,1-3,6H3,(H,84,95)(H,92,93)(H3,82,83,96)/t49?,55-,58+,59?,60+,61+,62+,63+,65?,66+,67?,68+,69-,70?,73-,74+,75?,76+,77-,78+,81+/m1/s1. The minimum atomic E-state index is -0.986. The van der Waals surface area contributed by atoms with Crippen molar-refractivity contribution in [3.8, 4) is 0 Å². The number of methoxy groups -OCH3 is 1. The number of carbonyl (C=O) groups is 7. The summed E-state index contributed by atoms with van der Waals surface area (Å²) in [5, 5.41) is 33.9. The Morgan fingerprint density at radius 1 is 0.696 bits per heavy atom. The number of primary amides is 1. The minimum Gasteiger partial charge on any atom is -0.481 e. The number of hydrogen-bond donors (Lipinski definition) is 5. The Balaban J connectivity index is 0.596. The van der Waals surface area contributed by atoms with Crippen molar-refractivity contribution in [1.29, 1.82) is 0 Å². The van der Waals surface area contributed by atoms with Crippen LogP contribution in [0, 0.1) is 23.7 Å². The number of aliphatic carboxylic acids is 1. The number of ether oxygens (including phenoxy) is 16. The number of ketones is 3.